The summed E-state index contributed by atoms with van der Waals surface area (Å²) in [6, 6.07) is 8.36. The van der Waals surface area contributed by atoms with Crippen molar-refractivity contribution in [2.75, 3.05) is 31.1 Å². The molecule has 1 aliphatic heterocycles. The lowest BCUT2D eigenvalue weighted by molar-refractivity contribution is 0.218. The Morgan fingerprint density at radius 3 is 2.71 bits per heavy atom. The summed E-state index contributed by atoms with van der Waals surface area (Å²) in [5.74, 6) is 1.02. The van der Waals surface area contributed by atoms with Gasteiger partial charge >= 0.3 is 0 Å². The Kier molecular flexibility index (Phi) is 4.26. The van der Waals surface area contributed by atoms with Crippen LogP contribution in [0.3, 0.4) is 0 Å². The average molecular weight is 234 g/mol. The molecule has 1 aromatic carbocycles. The third kappa shape index (κ3) is 3.13. The Balaban J connectivity index is 2.14. The number of nitrogens with one attached hydrogen (secondary N) is 1. The number of hydrogen-bond donors (Lipinski definition) is 1. The van der Waals surface area contributed by atoms with E-state index in [1.165, 1.54) is 5.69 Å². The Hall–Kier alpha value is -1.22. The lowest BCUT2D eigenvalue weighted by Gasteiger charge is -2.31. The highest BCUT2D eigenvalue weighted by molar-refractivity contribution is 5.58. The van der Waals surface area contributed by atoms with E-state index in [1.807, 2.05) is 6.07 Å². The molecule has 1 fully saturated rings. The third-order valence-electron chi connectivity index (χ3n) is 3.23. The summed E-state index contributed by atoms with van der Waals surface area (Å²) < 4.78 is 5.99. The summed E-state index contributed by atoms with van der Waals surface area (Å²) in [5, 5.41) is 3.37. The highest BCUT2D eigenvalue weighted by Crippen LogP contribution is 2.29. The summed E-state index contributed by atoms with van der Waals surface area (Å²) in [6.45, 7) is 8.49. The first-order valence-electron chi connectivity index (χ1n) is 6.52. The van der Waals surface area contributed by atoms with Gasteiger partial charge in [-0.05, 0) is 25.5 Å². The van der Waals surface area contributed by atoms with Crippen molar-refractivity contribution in [3.63, 3.8) is 0 Å². The molecule has 1 N–H and O–H groups in total. The smallest absolute Gasteiger partial charge is 0.142 e. The Morgan fingerprint density at radius 2 is 2.00 bits per heavy atom. The molecule has 94 valence electrons. The van der Waals surface area contributed by atoms with Crippen molar-refractivity contribution in [3.8, 4) is 5.75 Å². The van der Waals surface area contributed by atoms with Crippen LogP contribution < -0.4 is 15.0 Å². The van der Waals surface area contributed by atoms with Crippen LogP contribution in [-0.4, -0.2) is 32.3 Å². The Morgan fingerprint density at radius 1 is 1.29 bits per heavy atom. The van der Waals surface area contributed by atoms with Crippen molar-refractivity contribution in [2.45, 2.75) is 26.4 Å². The molecule has 1 aromatic rings. The number of anilines is 1. The summed E-state index contributed by atoms with van der Waals surface area (Å²) >= 11 is 0. The summed E-state index contributed by atoms with van der Waals surface area (Å²) in [7, 11) is 0. The van der Waals surface area contributed by atoms with Gasteiger partial charge in [0.2, 0.25) is 0 Å². The number of piperazine rings is 1. The SMILES string of the molecule is CC[C@H](C)Oc1ccccc1N1CCNCC1. The van der Waals surface area contributed by atoms with Gasteiger partial charge in [-0.1, -0.05) is 19.1 Å². The van der Waals surface area contributed by atoms with Gasteiger partial charge in [0.25, 0.3) is 0 Å². The van der Waals surface area contributed by atoms with Gasteiger partial charge in [0, 0.05) is 26.2 Å². The summed E-state index contributed by atoms with van der Waals surface area (Å²) in [6.07, 6.45) is 1.31. The predicted molar refractivity (Wildman–Crippen MR) is 71.9 cm³/mol. The quantitative estimate of drug-likeness (QED) is 0.865. The molecule has 1 saturated heterocycles. The van der Waals surface area contributed by atoms with Crippen LogP contribution in [0.4, 0.5) is 5.69 Å². The van der Waals surface area contributed by atoms with Gasteiger partial charge in [-0.25, -0.2) is 0 Å². The molecule has 1 aliphatic rings. The first-order valence-corrected chi connectivity index (χ1v) is 6.52. The maximum absolute atomic E-state index is 5.99. The van der Waals surface area contributed by atoms with Crippen molar-refractivity contribution in [1.29, 1.82) is 0 Å². The van der Waals surface area contributed by atoms with Crippen molar-refractivity contribution in [2.24, 2.45) is 0 Å². The topological polar surface area (TPSA) is 24.5 Å². The first kappa shape index (κ1) is 12.2. The van der Waals surface area contributed by atoms with Crippen LogP contribution >= 0.6 is 0 Å². The third-order valence-corrected chi connectivity index (χ3v) is 3.23. The average Bonchev–Trinajstić information content (AvgIpc) is 2.40. The second kappa shape index (κ2) is 5.92. The number of rotatable bonds is 4. The molecule has 3 nitrogen and oxygen atoms in total. The van der Waals surface area contributed by atoms with E-state index in [0.717, 1.165) is 38.3 Å². The number of hydrogen-bond acceptors (Lipinski definition) is 3. The molecule has 2 rings (SSSR count). The van der Waals surface area contributed by atoms with E-state index in [4.69, 9.17) is 4.74 Å². The largest absolute Gasteiger partial charge is 0.489 e. The van der Waals surface area contributed by atoms with Crippen LogP contribution in [0.1, 0.15) is 20.3 Å². The maximum Gasteiger partial charge on any atom is 0.142 e. The normalized spacial score (nSPS) is 17.9. The second-order valence-corrected chi connectivity index (χ2v) is 4.54. The fourth-order valence-corrected chi connectivity index (χ4v) is 2.02. The predicted octanol–water partition coefficient (Wildman–Crippen LogP) is 2.27. The molecule has 17 heavy (non-hydrogen) atoms. The molecule has 0 unspecified atom stereocenters. The number of para-hydroxylation sites is 2. The van der Waals surface area contributed by atoms with E-state index in [2.05, 4.69) is 42.3 Å². The molecular weight excluding hydrogens is 212 g/mol. The summed E-state index contributed by atoms with van der Waals surface area (Å²) in [4.78, 5) is 2.40. The number of benzene rings is 1. The minimum atomic E-state index is 0.277. The first-order chi connectivity index (χ1) is 8.31. The molecule has 0 spiro atoms. The van der Waals surface area contributed by atoms with Crippen molar-refractivity contribution >= 4 is 5.69 Å². The van der Waals surface area contributed by atoms with Gasteiger partial charge < -0.3 is 15.0 Å². The molecule has 0 aliphatic carbocycles. The van der Waals surface area contributed by atoms with Crippen LogP contribution in [-0.2, 0) is 0 Å². The number of nitrogens with zero attached hydrogens (tertiary/aromatic N) is 1. The van der Waals surface area contributed by atoms with E-state index < -0.39 is 0 Å². The zero-order chi connectivity index (χ0) is 12.1. The second-order valence-electron chi connectivity index (χ2n) is 4.54. The molecule has 0 saturated carbocycles. The monoisotopic (exact) mass is 234 g/mol. The van der Waals surface area contributed by atoms with Gasteiger partial charge in [-0.2, -0.15) is 0 Å². The molecular formula is C14H22N2O. The Labute approximate surface area is 104 Å². The van der Waals surface area contributed by atoms with E-state index in [9.17, 15) is 0 Å². The van der Waals surface area contributed by atoms with Gasteiger partial charge in [-0.15, -0.1) is 0 Å². The van der Waals surface area contributed by atoms with Gasteiger partial charge in [0.05, 0.1) is 11.8 Å². The zero-order valence-corrected chi connectivity index (χ0v) is 10.8. The van der Waals surface area contributed by atoms with Gasteiger partial charge in [0.15, 0.2) is 0 Å². The molecule has 1 heterocycles. The zero-order valence-electron chi connectivity index (χ0n) is 10.8. The van der Waals surface area contributed by atoms with E-state index in [0.29, 0.717) is 0 Å². The number of ether oxygens (including phenoxy) is 1. The molecule has 1 atom stereocenters. The molecule has 0 aromatic heterocycles. The minimum absolute atomic E-state index is 0.277. The van der Waals surface area contributed by atoms with Gasteiger partial charge in [-0.3, -0.25) is 0 Å². The van der Waals surface area contributed by atoms with Crippen LogP contribution in [0, 0.1) is 0 Å². The standard InChI is InChI=1S/C14H22N2O/c1-3-12(2)17-14-7-5-4-6-13(14)16-10-8-15-9-11-16/h4-7,12,15H,3,8-11H2,1-2H3/t12-/m0/s1. The molecule has 0 amide bonds. The van der Waals surface area contributed by atoms with Gasteiger partial charge in [0.1, 0.15) is 5.75 Å². The van der Waals surface area contributed by atoms with Crippen LogP contribution in [0.2, 0.25) is 0 Å². The van der Waals surface area contributed by atoms with E-state index >= 15 is 0 Å². The maximum atomic E-state index is 5.99. The van der Waals surface area contributed by atoms with Crippen LogP contribution in [0.15, 0.2) is 24.3 Å². The van der Waals surface area contributed by atoms with Crippen molar-refractivity contribution in [1.82, 2.24) is 5.32 Å². The fraction of sp³-hybridized carbons (Fsp3) is 0.571. The molecule has 0 radical (unpaired) electrons. The highest BCUT2D eigenvalue weighted by atomic mass is 16.5. The van der Waals surface area contributed by atoms with Crippen LogP contribution in [0.5, 0.6) is 5.75 Å². The Bertz CT molecular complexity index is 348. The lowest BCUT2D eigenvalue weighted by atomic mass is 10.2. The lowest BCUT2D eigenvalue weighted by Crippen LogP contribution is -2.43. The highest BCUT2D eigenvalue weighted by Gasteiger charge is 2.15. The van der Waals surface area contributed by atoms with Crippen molar-refractivity contribution in [3.05, 3.63) is 24.3 Å². The summed E-state index contributed by atoms with van der Waals surface area (Å²) in [5.41, 5.74) is 1.23. The minimum Gasteiger partial charge on any atom is -0.489 e. The fourth-order valence-electron chi connectivity index (χ4n) is 2.02. The molecule has 0 bridgehead atoms. The van der Waals surface area contributed by atoms with E-state index in [1.54, 1.807) is 0 Å². The molecule has 3 heteroatoms. The van der Waals surface area contributed by atoms with Crippen molar-refractivity contribution < 1.29 is 4.74 Å². The van der Waals surface area contributed by atoms with Crippen LogP contribution in [0.25, 0.3) is 0 Å². The van der Waals surface area contributed by atoms with E-state index in [-0.39, 0.29) is 6.10 Å².